The highest BCUT2D eigenvalue weighted by Gasteiger charge is 2.31. The summed E-state index contributed by atoms with van der Waals surface area (Å²) in [4.78, 5) is 0. The van der Waals surface area contributed by atoms with E-state index >= 15 is 0 Å². The molecule has 6 heteroatoms. The highest BCUT2D eigenvalue weighted by atomic mass is 19.4. The van der Waals surface area contributed by atoms with E-state index < -0.39 is 6.36 Å². The van der Waals surface area contributed by atoms with Crippen LogP contribution in [0, 0.1) is 11.8 Å². The van der Waals surface area contributed by atoms with Crippen LogP contribution in [-0.4, -0.2) is 16.1 Å². The maximum Gasteiger partial charge on any atom is 0.573 e. The van der Waals surface area contributed by atoms with Gasteiger partial charge < -0.3 is 4.74 Å². The van der Waals surface area contributed by atoms with Crippen LogP contribution in [0.1, 0.15) is 31.0 Å². The number of nitrogens with zero attached hydrogens (tertiary/aromatic N) is 2. The number of ether oxygens (including phenoxy) is 1. The molecule has 1 atom stereocenters. The molecule has 0 saturated heterocycles. The molecule has 0 spiro atoms. The van der Waals surface area contributed by atoms with Gasteiger partial charge in [-0.25, -0.2) is 0 Å². The number of hydrogen-bond acceptors (Lipinski definition) is 2. The lowest BCUT2D eigenvalue weighted by Gasteiger charge is -2.15. The summed E-state index contributed by atoms with van der Waals surface area (Å²) >= 11 is 0. The Morgan fingerprint density at radius 2 is 1.84 bits per heavy atom. The first kappa shape index (κ1) is 16.9. The van der Waals surface area contributed by atoms with E-state index in [0.717, 1.165) is 22.0 Å². The number of benzene rings is 2. The van der Waals surface area contributed by atoms with Gasteiger partial charge in [0.15, 0.2) is 0 Å². The lowest BCUT2D eigenvalue weighted by molar-refractivity contribution is -0.274. The van der Waals surface area contributed by atoms with Crippen molar-refractivity contribution in [3.8, 4) is 17.6 Å². The smallest absolute Gasteiger partial charge is 0.406 e. The van der Waals surface area contributed by atoms with Gasteiger partial charge >= 0.3 is 6.36 Å². The molecule has 0 bridgehead atoms. The molecule has 0 radical (unpaired) electrons. The van der Waals surface area contributed by atoms with Crippen molar-refractivity contribution in [2.45, 2.75) is 26.3 Å². The average molecular weight is 344 g/mol. The average Bonchev–Trinajstić information content (AvgIpc) is 2.99. The molecular formula is C19H15F3N2O. The first-order chi connectivity index (χ1) is 11.9. The quantitative estimate of drug-likeness (QED) is 0.631. The van der Waals surface area contributed by atoms with E-state index in [1.54, 1.807) is 25.3 Å². The molecule has 3 nitrogen and oxygen atoms in total. The maximum atomic E-state index is 12.3. The van der Waals surface area contributed by atoms with Crippen LogP contribution in [0.4, 0.5) is 13.2 Å². The summed E-state index contributed by atoms with van der Waals surface area (Å²) in [6, 6.07) is 11.5. The third-order valence-corrected chi connectivity index (χ3v) is 3.86. The van der Waals surface area contributed by atoms with E-state index in [0.29, 0.717) is 0 Å². The minimum atomic E-state index is -4.69. The van der Waals surface area contributed by atoms with Crippen molar-refractivity contribution in [3.05, 3.63) is 59.8 Å². The Bertz CT molecular complexity index is 947. The van der Waals surface area contributed by atoms with Crippen molar-refractivity contribution < 1.29 is 17.9 Å². The van der Waals surface area contributed by atoms with Crippen molar-refractivity contribution in [1.82, 2.24) is 9.78 Å². The normalized spacial score (nSPS) is 12.5. The zero-order valence-electron chi connectivity index (χ0n) is 13.6. The van der Waals surface area contributed by atoms with E-state index in [1.165, 1.54) is 12.1 Å². The molecule has 0 N–H and O–H groups in total. The predicted molar refractivity (Wildman–Crippen MR) is 89.2 cm³/mol. The minimum absolute atomic E-state index is 0.151. The van der Waals surface area contributed by atoms with Crippen LogP contribution in [0.25, 0.3) is 10.9 Å². The number of alkyl halides is 3. The van der Waals surface area contributed by atoms with E-state index in [-0.39, 0.29) is 11.8 Å². The van der Waals surface area contributed by atoms with E-state index in [2.05, 4.69) is 21.7 Å². The molecule has 1 unspecified atom stereocenters. The van der Waals surface area contributed by atoms with Gasteiger partial charge in [0.25, 0.3) is 0 Å². The summed E-state index contributed by atoms with van der Waals surface area (Å²) in [5, 5.41) is 5.38. The molecule has 3 rings (SSSR count). The molecule has 1 aromatic heterocycles. The molecule has 0 saturated carbocycles. The molecule has 128 valence electrons. The van der Waals surface area contributed by atoms with Crippen LogP contribution in [0.5, 0.6) is 5.75 Å². The van der Waals surface area contributed by atoms with Crippen LogP contribution < -0.4 is 4.74 Å². The van der Waals surface area contributed by atoms with Gasteiger partial charge in [-0.15, -0.1) is 19.1 Å². The number of rotatable bonds is 3. The second kappa shape index (κ2) is 6.52. The van der Waals surface area contributed by atoms with Crippen molar-refractivity contribution >= 4 is 10.9 Å². The van der Waals surface area contributed by atoms with Crippen molar-refractivity contribution in [3.63, 3.8) is 0 Å². The molecular weight excluding hydrogens is 329 g/mol. The molecule has 2 aromatic carbocycles. The van der Waals surface area contributed by atoms with Gasteiger partial charge in [0.2, 0.25) is 0 Å². The summed E-state index contributed by atoms with van der Waals surface area (Å²) in [5.41, 5.74) is 2.64. The SMILES string of the molecule is CC#Cc1cccc2c1cnn2C(C)c1ccc(OC(F)(F)F)cc1. The zero-order valence-corrected chi connectivity index (χ0v) is 13.6. The van der Waals surface area contributed by atoms with Gasteiger partial charge in [-0.3, -0.25) is 4.68 Å². The fraction of sp³-hybridized carbons (Fsp3) is 0.211. The molecule has 3 aromatic rings. The Balaban J connectivity index is 1.93. The van der Waals surface area contributed by atoms with Gasteiger partial charge in [-0.05, 0) is 43.7 Å². The van der Waals surface area contributed by atoms with Crippen molar-refractivity contribution in [1.29, 1.82) is 0 Å². The van der Waals surface area contributed by atoms with Crippen LogP contribution in [0.2, 0.25) is 0 Å². The fourth-order valence-electron chi connectivity index (χ4n) is 2.71. The summed E-state index contributed by atoms with van der Waals surface area (Å²) in [5.74, 6) is 5.68. The Morgan fingerprint density at radius 1 is 1.12 bits per heavy atom. The molecule has 0 amide bonds. The molecule has 25 heavy (non-hydrogen) atoms. The first-order valence-corrected chi connectivity index (χ1v) is 7.64. The van der Waals surface area contributed by atoms with Gasteiger partial charge in [0, 0.05) is 10.9 Å². The zero-order chi connectivity index (χ0) is 18.0. The van der Waals surface area contributed by atoms with Crippen LogP contribution in [0.3, 0.4) is 0 Å². The van der Waals surface area contributed by atoms with Crippen LogP contribution >= 0.6 is 0 Å². The van der Waals surface area contributed by atoms with E-state index in [1.807, 2.05) is 29.8 Å². The molecule has 0 aliphatic heterocycles. The minimum Gasteiger partial charge on any atom is -0.406 e. The lowest BCUT2D eigenvalue weighted by Crippen LogP contribution is -2.17. The Morgan fingerprint density at radius 3 is 2.48 bits per heavy atom. The predicted octanol–water partition coefficient (Wildman–Crippen LogP) is 4.92. The number of aromatic nitrogens is 2. The van der Waals surface area contributed by atoms with E-state index in [9.17, 15) is 13.2 Å². The van der Waals surface area contributed by atoms with Gasteiger partial charge in [0.1, 0.15) is 5.75 Å². The largest absolute Gasteiger partial charge is 0.573 e. The maximum absolute atomic E-state index is 12.3. The Hall–Kier alpha value is -2.94. The monoisotopic (exact) mass is 344 g/mol. The molecule has 0 aliphatic rings. The number of fused-ring (bicyclic) bond motifs is 1. The van der Waals surface area contributed by atoms with Crippen molar-refractivity contribution in [2.24, 2.45) is 0 Å². The van der Waals surface area contributed by atoms with E-state index in [4.69, 9.17) is 0 Å². The third-order valence-electron chi connectivity index (χ3n) is 3.86. The number of halogens is 3. The first-order valence-electron chi connectivity index (χ1n) is 7.64. The summed E-state index contributed by atoms with van der Waals surface area (Å²) in [7, 11) is 0. The van der Waals surface area contributed by atoms with Gasteiger partial charge in [-0.2, -0.15) is 5.10 Å². The van der Waals surface area contributed by atoms with Gasteiger partial charge in [-0.1, -0.05) is 24.1 Å². The van der Waals surface area contributed by atoms with Crippen LogP contribution in [-0.2, 0) is 0 Å². The molecule has 1 heterocycles. The topological polar surface area (TPSA) is 27.1 Å². The summed E-state index contributed by atoms with van der Waals surface area (Å²) in [6.45, 7) is 3.71. The lowest BCUT2D eigenvalue weighted by atomic mass is 10.1. The molecule has 0 fully saturated rings. The standard InChI is InChI=1S/C19H15F3N2O/c1-3-5-15-6-4-7-18-17(15)12-23-24(18)13(2)14-8-10-16(11-9-14)25-19(20,21)22/h4,6-13H,1-2H3. The third kappa shape index (κ3) is 3.61. The van der Waals surface area contributed by atoms with Crippen LogP contribution in [0.15, 0.2) is 48.7 Å². The number of hydrogen-bond donors (Lipinski definition) is 0. The molecule has 0 aliphatic carbocycles. The fourth-order valence-corrected chi connectivity index (χ4v) is 2.71. The van der Waals surface area contributed by atoms with Crippen molar-refractivity contribution in [2.75, 3.05) is 0 Å². The summed E-state index contributed by atoms with van der Waals surface area (Å²) < 4.78 is 42.5. The van der Waals surface area contributed by atoms with Gasteiger partial charge in [0.05, 0.1) is 17.8 Å². The second-order valence-electron chi connectivity index (χ2n) is 5.50. The Kier molecular flexibility index (Phi) is 4.41. The second-order valence-corrected chi connectivity index (χ2v) is 5.50. The Labute approximate surface area is 143 Å². The summed E-state index contributed by atoms with van der Waals surface area (Å²) in [6.07, 6.45) is -2.94. The highest BCUT2D eigenvalue weighted by molar-refractivity contribution is 5.85. The highest BCUT2D eigenvalue weighted by Crippen LogP contribution is 2.28.